The maximum atomic E-state index is 11.8. The van der Waals surface area contributed by atoms with Crippen LogP contribution in [0.3, 0.4) is 0 Å². The van der Waals surface area contributed by atoms with Crippen molar-refractivity contribution in [2.24, 2.45) is 5.92 Å². The average Bonchev–Trinajstić information content (AvgIpc) is 2.65. The Hall–Kier alpha value is -0.830. The second-order valence-corrected chi connectivity index (χ2v) is 5.66. The topological polar surface area (TPSA) is 29.1 Å². The molecule has 0 saturated carbocycles. The maximum absolute atomic E-state index is 11.8. The SMILES string of the molecule is CCc1ccc(CC2CCCCNC2=O)s1. The fraction of sp³-hybridized carbons (Fsp3) is 0.615. The number of carbonyl (C=O) groups excluding carboxylic acids is 1. The lowest BCUT2D eigenvalue weighted by Crippen LogP contribution is -2.29. The van der Waals surface area contributed by atoms with Crippen molar-refractivity contribution in [2.45, 2.75) is 39.0 Å². The van der Waals surface area contributed by atoms with Gasteiger partial charge in [0, 0.05) is 22.2 Å². The van der Waals surface area contributed by atoms with Gasteiger partial charge in [0.1, 0.15) is 0 Å². The van der Waals surface area contributed by atoms with Crippen LogP contribution in [0.5, 0.6) is 0 Å². The Labute approximate surface area is 101 Å². The van der Waals surface area contributed by atoms with Crippen LogP contribution in [-0.2, 0) is 17.6 Å². The van der Waals surface area contributed by atoms with Crippen LogP contribution in [0, 0.1) is 5.92 Å². The lowest BCUT2D eigenvalue weighted by atomic mass is 9.98. The first-order valence-corrected chi connectivity index (χ1v) is 6.96. The lowest BCUT2D eigenvalue weighted by Gasteiger charge is -2.11. The number of amides is 1. The molecule has 1 aromatic heterocycles. The first-order chi connectivity index (χ1) is 7.79. The number of carbonyl (C=O) groups is 1. The first kappa shape index (κ1) is 11.6. The van der Waals surface area contributed by atoms with Gasteiger partial charge in [0.05, 0.1) is 0 Å². The standard InChI is InChI=1S/C13H19NOS/c1-2-11-6-7-12(16-11)9-10-5-3-4-8-14-13(10)15/h6-7,10H,2-5,8-9H2,1H3,(H,14,15). The Balaban J connectivity index is 1.99. The number of rotatable bonds is 3. The van der Waals surface area contributed by atoms with Crippen LogP contribution in [-0.4, -0.2) is 12.5 Å². The molecule has 2 nitrogen and oxygen atoms in total. The van der Waals surface area contributed by atoms with E-state index in [1.165, 1.54) is 16.2 Å². The Morgan fingerprint density at radius 3 is 2.94 bits per heavy atom. The summed E-state index contributed by atoms with van der Waals surface area (Å²) in [7, 11) is 0. The van der Waals surface area contributed by atoms with E-state index in [9.17, 15) is 4.79 Å². The van der Waals surface area contributed by atoms with Gasteiger partial charge in [-0.3, -0.25) is 4.79 Å². The summed E-state index contributed by atoms with van der Waals surface area (Å²) >= 11 is 1.86. The van der Waals surface area contributed by atoms with Crippen molar-refractivity contribution < 1.29 is 4.79 Å². The van der Waals surface area contributed by atoms with Gasteiger partial charge in [-0.05, 0) is 37.8 Å². The van der Waals surface area contributed by atoms with E-state index in [-0.39, 0.29) is 11.8 Å². The summed E-state index contributed by atoms with van der Waals surface area (Å²) in [5.41, 5.74) is 0. The molecule has 1 N–H and O–H groups in total. The Morgan fingerprint density at radius 1 is 1.38 bits per heavy atom. The molecular formula is C13H19NOS. The molecule has 0 bridgehead atoms. The maximum Gasteiger partial charge on any atom is 0.223 e. The van der Waals surface area contributed by atoms with Gasteiger partial charge in [-0.25, -0.2) is 0 Å². The molecule has 1 unspecified atom stereocenters. The van der Waals surface area contributed by atoms with E-state index in [1.807, 2.05) is 11.3 Å². The lowest BCUT2D eigenvalue weighted by molar-refractivity contribution is -0.124. The molecular weight excluding hydrogens is 218 g/mol. The predicted molar refractivity (Wildman–Crippen MR) is 67.8 cm³/mol. The van der Waals surface area contributed by atoms with Crippen LogP contribution in [0.2, 0.25) is 0 Å². The molecule has 0 aliphatic carbocycles. The summed E-state index contributed by atoms with van der Waals surface area (Å²) in [5, 5.41) is 3.00. The monoisotopic (exact) mass is 237 g/mol. The number of hydrogen-bond donors (Lipinski definition) is 1. The van der Waals surface area contributed by atoms with Gasteiger partial charge in [0.2, 0.25) is 5.91 Å². The molecule has 0 aromatic carbocycles. The largest absolute Gasteiger partial charge is 0.356 e. The molecule has 0 spiro atoms. The summed E-state index contributed by atoms with van der Waals surface area (Å²) in [6, 6.07) is 4.37. The summed E-state index contributed by atoms with van der Waals surface area (Å²) in [5.74, 6) is 0.454. The van der Waals surface area contributed by atoms with Gasteiger partial charge in [0.15, 0.2) is 0 Å². The van der Waals surface area contributed by atoms with Crippen molar-refractivity contribution in [3.63, 3.8) is 0 Å². The summed E-state index contributed by atoms with van der Waals surface area (Å²) in [4.78, 5) is 14.6. The summed E-state index contributed by atoms with van der Waals surface area (Å²) in [6.07, 6.45) is 5.38. The minimum absolute atomic E-state index is 0.200. The highest BCUT2D eigenvalue weighted by atomic mass is 32.1. The minimum Gasteiger partial charge on any atom is -0.356 e. The van der Waals surface area contributed by atoms with E-state index in [2.05, 4.69) is 24.4 Å². The molecule has 1 atom stereocenters. The van der Waals surface area contributed by atoms with Gasteiger partial charge in [-0.2, -0.15) is 0 Å². The van der Waals surface area contributed by atoms with Crippen molar-refractivity contribution in [3.05, 3.63) is 21.9 Å². The third kappa shape index (κ3) is 2.85. The Morgan fingerprint density at radius 2 is 2.19 bits per heavy atom. The molecule has 2 heterocycles. The van der Waals surface area contributed by atoms with Gasteiger partial charge < -0.3 is 5.32 Å². The Bertz CT molecular complexity index is 359. The van der Waals surface area contributed by atoms with Crippen LogP contribution < -0.4 is 5.32 Å². The van der Waals surface area contributed by atoms with Crippen LogP contribution >= 0.6 is 11.3 Å². The zero-order valence-electron chi connectivity index (χ0n) is 9.79. The van der Waals surface area contributed by atoms with Crippen molar-refractivity contribution in [1.29, 1.82) is 0 Å². The molecule has 2 rings (SSSR count). The van der Waals surface area contributed by atoms with Crippen LogP contribution in [0.1, 0.15) is 35.9 Å². The number of hydrogen-bond acceptors (Lipinski definition) is 2. The van der Waals surface area contributed by atoms with Crippen LogP contribution in [0.4, 0.5) is 0 Å². The van der Waals surface area contributed by atoms with Gasteiger partial charge >= 0.3 is 0 Å². The second kappa shape index (κ2) is 5.48. The quantitative estimate of drug-likeness (QED) is 0.860. The van der Waals surface area contributed by atoms with E-state index < -0.39 is 0 Å². The van der Waals surface area contributed by atoms with Crippen molar-refractivity contribution >= 4 is 17.2 Å². The average molecular weight is 237 g/mol. The molecule has 1 aliphatic rings. The normalized spacial score (nSPS) is 21.6. The van der Waals surface area contributed by atoms with Gasteiger partial charge in [-0.15, -0.1) is 11.3 Å². The van der Waals surface area contributed by atoms with Crippen LogP contribution in [0.15, 0.2) is 12.1 Å². The van der Waals surface area contributed by atoms with Crippen molar-refractivity contribution in [3.8, 4) is 0 Å². The molecule has 1 saturated heterocycles. The summed E-state index contributed by atoms with van der Waals surface area (Å²) < 4.78 is 0. The molecule has 1 aliphatic heterocycles. The van der Waals surface area contributed by atoms with E-state index >= 15 is 0 Å². The zero-order valence-corrected chi connectivity index (χ0v) is 10.6. The van der Waals surface area contributed by atoms with E-state index in [1.54, 1.807) is 0 Å². The van der Waals surface area contributed by atoms with Crippen molar-refractivity contribution in [1.82, 2.24) is 5.32 Å². The Kier molecular flexibility index (Phi) is 3.99. The molecule has 1 amide bonds. The van der Waals surface area contributed by atoms with Crippen LogP contribution in [0.25, 0.3) is 0 Å². The van der Waals surface area contributed by atoms with Gasteiger partial charge in [-0.1, -0.05) is 13.3 Å². The predicted octanol–water partition coefficient (Wildman–Crippen LogP) is 2.77. The van der Waals surface area contributed by atoms with E-state index in [4.69, 9.17) is 0 Å². The fourth-order valence-electron chi connectivity index (χ4n) is 2.16. The van der Waals surface area contributed by atoms with Crippen molar-refractivity contribution in [2.75, 3.05) is 6.54 Å². The molecule has 88 valence electrons. The third-order valence-corrected chi connectivity index (χ3v) is 4.41. The second-order valence-electron chi connectivity index (χ2n) is 4.41. The smallest absolute Gasteiger partial charge is 0.223 e. The third-order valence-electron chi connectivity index (χ3n) is 3.16. The molecule has 16 heavy (non-hydrogen) atoms. The molecule has 1 fully saturated rings. The zero-order chi connectivity index (χ0) is 11.4. The van der Waals surface area contributed by atoms with Gasteiger partial charge in [0.25, 0.3) is 0 Å². The number of thiophene rings is 1. The minimum atomic E-state index is 0.200. The first-order valence-electron chi connectivity index (χ1n) is 6.15. The highest BCUT2D eigenvalue weighted by Crippen LogP contribution is 2.23. The molecule has 0 radical (unpaired) electrons. The number of aryl methyl sites for hydroxylation is 1. The highest BCUT2D eigenvalue weighted by Gasteiger charge is 2.21. The molecule has 1 aromatic rings. The van der Waals surface area contributed by atoms with E-state index in [0.717, 1.165) is 32.2 Å². The number of nitrogens with one attached hydrogen (secondary N) is 1. The fourth-order valence-corrected chi connectivity index (χ4v) is 3.20. The highest BCUT2D eigenvalue weighted by molar-refractivity contribution is 7.11. The molecule has 3 heteroatoms. The summed E-state index contributed by atoms with van der Waals surface area (Å²) in [6.45, 7) is 3.04. The van der Waals surface area contributed by atoms with E-state index in [0.29, 0.717) is 0 Å².